The van der Waals surface area contributed by atoms with E-state index in [1.54, 1.807) is 0 Å². The van der Waals surface area contributed by atoms with Crippen molar-refractivity contribution in [2.24, 2.45) is 5.41 Å². The van der Waals surface area contributed by atoms with Crippen LogP contribution in [0.1, 0.15) is 59.8 Å². The first kappa shape index (κ1) is 15.0. The number of rotatable bonds is 5. The first-order valence-corrected chi connectivity index (χ1v) is 7.52. The summed E-state index contributed by atoms with van der Waals surface area (Å²) in [5.74, 6) is 0. The SMILES string of the molecule is CCNC(C)C(C)(C)CN1CCCCCCC1. The molecule has 0 saturated carbocycles. The Kier molecular flexibility index (Phi) is 6.50. The fourth-order valence-electron chi connectivity index (χ4n) is 2.77. The zero-order valence-electron chi connectivity index (χ0n) is 12.4. The predicted octanol–water partition coefficient (Wildman–Crippen LogP) is 3.28. The van der Waals surface area contributed by atoms with E-state index in [4.69, 9.17) is 0 Å². The molecule has 1 rings (SSSR count). The van der Waals surface area contributed by atoms with Gasteiger partial charge in [0.15, 0.2) is 0 Å². The molecule has 1 N–H and O–H groups in total. The summed E-state index contributed by atoms with van der Waals surface area (Å²) in [7, 11) is 0. The highest BCUT2D eigenvalue weighted by molar-refractivity contribution is 4.84. The zero-order chi connectivity index (χ0) is 12.7. The lowest BCUT2D eigenvalue weighted by Crippen LogP contribution is -2.47. The largest absolute Gasteiger partial charge is 0.314 e. The Balaban J connectivity index is 2.43. The molecule has 2 heteroatoms. The molecular weight excluding hydrogens is 208 g/mol. The Labute approximate surface area is 108 Å². The maximum Gasteiger partial charge on any atom is 0.0102 e. The van der Waals surface area contributed by atoms with E-state index in [1.165, 1.54) is 51.7 Å². The quantitative estimate of drug-likeness (QED) is 0.793. The number of nitrogens with one attached hydrogen (secondary N) is 1. The molecule has 0 radical (unpaired) electrons. The number of nitrogens with zero attached hydrogens (tertiary/aromatic N) is 1. The lowest BCUT2D eigenvalue weighted by atomic mass is 9.84. The Hall–Kier alpha value is -0.0800. The second-order valence-corrected chi connectivity index (χ2v) is 6.31. The predicted molar refractivity (Wildman–Crippen MR) is 76.4 cm³/mol. The first-order valence-electron chi connectivity index (χ1n) is 7.52. The minimum absolute atomic E-state index is 0.370. The summed E-state index contributed by atoms with van der Waals surface area (Å²) in [4.78, 5) is 2.69. The van der Waals surface area contributed by atoms with Gasteiger partial charge in [0.1, 0.15) is 0 Å². The van der Waals surface area contributed by atoms with Crippen molar-refractivity contribution in [1.82, 2.24) is 10.2 Å². The summed E-state index contributed by atoms with van der Waals surface area (Å²) >= 11 is 0. The van der Waals surface area contributed by atoms with Crippen LogP contribution in [0.3, 0.4) is 0 Å². The van der Waals surface area contributed by atoms with E-state index in [0.717, 1.165) is 6.54 Å². The van der Waals surface area contributed by atoms with E-state index in [-0.39, 0.29) is 0 Å². The van der Waals surface area contributed by atoms with Gasteiger partial charge in [-0.3, -0.25) is 0 Å². The van der Waals surface area contributed by atoms with Crippen LogP contribution in [0.15, 0.2) is 0 Å². The van der Waals surface area contributed by atoms with Gasteiger partial charge in [0.2, 0.25) is 0 Å². The molecule has 1 atom stereocenters. The van der Waals surface area contributed by atoms with Gasteiger partial charge in [-0.15, -0.1) is 0 Å². The van der Waals surface area contributed by atoms with Crippen LogP contribution >= 0.6 is 0 Å². The average Bonchev–Trinajstić information content (AvgIpc) is 2.22. The van der Waals surface area contributed by atoms with E-state index in [0.29, 0.717) is 11.5 Å². The van der Waals surface area contributed by atoms with E-state index in [9.17, 15) is 0 Å². The van der Waals surface area contributed by atoms with Gasteiger partial charge in [-0.2, -0.15) is 0 Å². The summed E-state index contributed by atoms with van der Waals surface area (Å²) in [6.07, 6.45) is 7.10. The highest BCUT2D eigenvalue weighted by atomic mass is 15.1. The van der Waals surface area contributed by atoms with Crippen molar-refractivity contribution in [3.8, 4) is 0 Å². The van der Waals surface area contributed by atoms with Crippen LogP contribution in [0.4, 0.5) is 0 Å². The lowest BCUT2D eigenvalue weighted by molar-refractivity contribution is 0.135. The Bertz CT molecular complexity index is 193. The minimum Gasteiger partial charge on any atom is -0.314 e. The summed E-state index contributed by atoms with van der Waals surface area (Å²) in [5.41, 5.74) is 0.370. The van der Waals surface area contributed by atoms with Gasteiger partial charge >= 0.3 is 0 Å². The fourth-order valence-corrected chi connectivity index (χ4v) is 2.77. The van der Waals surface area contributed by atoms with Gasteiger partial charge in [-0.25, -0.2) is 0 Å². The van der Waals surface area contributed by atoms with E-state index < -0.39 is 0 Å². The van der Waals surface area contributed by atoms with Crippen LogP contribution < -0.4 is 5.32 Å². The normalized spacial score (nSPS) is 21.9. The van der Waals surface area contributed by atoms with Crippen LogP contribution in [0.25, 0.3) is 0 Å². The molecule has 102 valence electrons. The van der Waals surface area contributed by atoms with Crippen molar-refractivity contribution >= 4 is 0 Å². The Morgan fingerprint density at radius 1 is 1.06 bits per heavy atom. The molecule has 0 aromatic heterocycles. The van der Waals surface area contributed by atoms with E-state index >= 15 is 0 Å². The van der Waals surface area contributed by atoms with Crippen molar-refractivity contribution in [3.63, 3.8) is 0 Å². The summed E-state index contributed by atoms with van der Waals surface area (Å²) < 4.78 is 0. The molecule has 1 unspecified atom stereocenters. The third-order valence-corrected chi connectivity index (χ3v) is 4.26. The van der Waals surface area contributed by atoms with Crippen molar-refractivity contribution in [1.29, 1.82) is 0 Å². The first-order chi connectivity index (χ1) is 8.06. The smallest absolute Gasteiger partial charge is 0.0102 e. The molecule has 1 aliphatic rings. The molecule has 0 aromatic rings. The zero-order valence-corrected chi connectivity index (χ0v) is 12.4. The summed E-state index contributed by atoms with van der Waals surface area (Å²) in [6.45, 7) is 14.3. The van der Waals surface area contributed by atoms with Gasteiger partial charge in [0, 0.05) is 12.6 Å². The third kappa shape index (κ3) is 5.39. The highest BCUT2D eigenvalue weighted by Crippen LogP contribution is 2.23. The van der Waals surface area contributed by atoms with Crippen LogP contribution in [0.5, 0.6) is 0 Å². The van der Waals surface area contributed by atoms with Gasteiger partial charge in [0.05, 0.1) is 0 Å². The van der Waals surface area contributed by atoms with Crippen LogP contribution in [0, 0.1) is 5.41 Å². The topological polar surface area (TPSA) is 15.3 Å². The van der Waals surface area contributed by atoms with E-state index in [2.05, 4.69) is 37.9 Å². The fraction of sp³-hybridized carbons (Fsp3) is 1.00. The number of hydrogen-bond acceptors (Lipinski definition) is 2. The van der Waals surface area contributed by atoms with E-state index in [1.807, 2.05) is 0 Å². The Morgan fingerprint density at radius 3 is 2.12 bits per heavy atom. The second-order valence-electron chi connectivity index (χ2n) is 6.31. The highest BCUT2D eigenvalue weighted by Gasteiger charge is 2.27. The molecule has 0 spiro atoms. The third-order valence-electron chi connectivity index (χ3n) is 4.26. The number of likely N-dealkylation sites (tertiary alicyclic amines) is 1. The molecule has 17 heavy (non-hydrogen) atoms. The van der Waals surface area contributed by atoms with Gasteiger partial charge in [-0.1, -0.05) is 40.0 Å². The maximum atomic E-state index is 3.58. The van der Waals surface area contributed by atoms with Crippen molar-refractivity contribution < 1.29 is 0 Å². The van der Waals surface area contributed by atoms with Crippen molar-refractivity contribution in [2.75, 3.05) is 26.2 Å². The van der Waals surface area contributed by atoms with Gasteiger partial charge in [-0.05, 0) is 44.8 Å². The summed E-state index contributed by atoms with van der Waals surface area (Å²) in [6, 6.07) is 0.595. The molecule has 0 amide bonds. The molecule has 1 heterocycles. The average molecular weight is 240 g/mol. The van der Waals surface area contributed by atoms with Gasteiger partial charge in [0.25, 0.3) is 0 Å². The van der Waals surface area contributed by atoms with Crippen molar-refractivity contribution in [2.45, 2.75) is 65.8 Å². The lowest BCUT2D eigenvalue weighted by Gasteiger charge is -2.38. The van der Waals surface area contributed by atoms with Crippen molar-refractivity contribution in [3.05, 3.63) is 0 Å². The molecule has 2 nitrogen and oxygen atoms in total. The monoisotopic (exact) mass is 240 g/mol. The molecule has 1 saturated heterocycles. The Morgan fingerprint density at radius 2 is 1.59 bits per heavy atom. The van der Waals surface area contributed by atoms with Crippen LogP contribution in [0.2, 0.25) is 0 Å². The van der Waals surface area contributed by atoms with Gasteiger partial charge < -0.3 is 10.2 Å². The molecule has 0 bridgehead atoms. The molecule has 1 fully saturated rings. The second kappa shape index (κ2) is 7.38. The standard InChI is InChI=1S/C15H32N2/c1-5-16-14(2)15(3,4)13-17-11-9-7-6-8-10-12-17/h14,16H,5-13H2,1-4H3. The number of hydrogen-bond donors (Lipinski definition) is 1. The molecular formula is C15H32N2. The molecule has 0 aromatic carbocycles. The molecule has 1 aliphatic heterocycles. The summed E-state index contributed by atoms with van der Waals surface area (Å²) in [5, 5.41) is 3.58. The van der Waals surface area contributed by atoms with Crippen LogP contribution in [-0.2, 0) is 0 Å². The minimum atomic E-state index is 0.370. The maximum absolute atomic E-state index is 3.58. The molecule has 0 aliphatic carbocycles. The van der Waals surface area contributed by atoms with Crippen LogP contribution in [-0.4, -0.2) is 37.1 Å².